The average Bonchev–Trinajstić information content (AvgIpc) is 2.48. The van der Waals surface area contributed by atoms with Gasteiger partial charge in [-0.25, -0.2) is 0 Å². The SMILES string of the molecule is COc1ccc(Cl)cc1C(C#N)C(=O)c1cccc(I)c1. The maximum atomic E-state index is 12.6. The summed E-state index contributed by atoms with van der Waals surface area (Å²) < 4.78 is 6.17. The van der Waals surface area contributed by atoms with Gasteiger partial charge in [-0.3, -0.25) is 4.79 Å². The Morgan fingerprint density at radius 2 is 2.10 bits per heavy atom. The van der Waals surface area contributed by atoms with E-state index in [9.17, 15) is 10.1 Å². The molecular formula is C16H11ClINO2. The number of nitrogens with zero attached hydrogens (tertiary/aromatic N) is 1. The lowest BCUT2D eigenvalue weighted by Crippen LogP contribution is -2.12. The molecule has 0 aliphatic heterocycles. The van der Waals surface area contributed by atoms with Gasteiger partial charge in [0.1, 0.15) is 11.7 Å². The lowest BCUT2D eigenvalue weighted by Gasteiger charge is -2.13. The number of carbonyl (C=O) groups excluding carboxylic acids is 1. The fourth-order valence-corrected chi connectivity index (χ4v) is 2.73. The maximum absolute atomic E-state index is 12.6. The minimum atomic E-state index is -0.947. The van der Waals surface area contributed by atoms with Gasteiger partial charge >= 0.3 is 0 Å². The topological polar surface area (TPSA) is 50.1 Å². The van der Waals surface area contributed by atoms with E-state index in [1.807, 2.05) is 12.1 Å². The predicted octanol–water partition coefficient (Wildman–Crippen LogP) is 4.44. The molecule has 0 saturated heterocycles. The number of halogens is 2. The second kappa shape index (κ2) is 6.92. The molecule has 0 fully saturated rings. The third kappa shape index (κ3) is 3.55. The molecule has 0 aliphatic carbocycles. The van der Waals surface area contributed by atoms with Crippen LogP contribution in [0.2, 0.25) is 5.02 Å². The number of carbonyl (C=O) groups is 1. The van der Waals surface area contributed by atoms with Gasteiger partial charge in [-0.1, -0.05) is 23.7 Å². The van der Waals surface area contributed by atoms with Crippen molar-refractivity contribution < 1.29 is 9.53 Å². The molecule has 0 heterocycles. The number of methoxy groups -OCH3 is 1. The lowest BCUT2D eigenvalue weighted by atomic mass is 9.91. The normalized spacial score (nSPS) is 11.5. The second-order valence-electron chi connectivity index (χ2n) is 4.32. The zero-order valence-electron chi connectivity index (χ0n) is 11.1. The Morgan fingerprint density at radius 3 is 2.71 bits per heavy atom. The molecule has 21 heavy (non-hydrogen) atoms. The molecule has 106 valence electrons. The molecule has 0 amide bonds. The number of hydrogen-bond acceptors (Lipinski definition) is 3. The highest BCUT2D eigenvalue weighted by Gasteiger charge is 2.25. The Balaban J connectivity index is 2.48. The highest BCUT2D eigenvalue weighted by Crippen LogP contribution is 2.31. The first-order valence-corrected chi connectivity index (χ1v) is 7.55. The fraction of sp³-hybridized carbons (Fsp3) is 0.125. The largest absolute Gasteiger partial charge is 0.496 e. The smallest absolute Gasteiger partial charge is 0.184 e. The summed E-state index contributed by atoms with van der Waals surface area (Å²) >= 11 is 8.10. The number of rotatable bonds is 4. The van der Waals surface area contributed by atoms with Gasteiger partial charge in [0.25, 0.3) is 0 Å². The van der Waals surface area contributed by atoms with Gasteiger partial charge in [-0.05, 0) is 52.9 Å². The van der Waals surface area contributed by atoms with Crippen LogP contribution in [0.25, 0.3) is 0 Å². The molecule has 0 spiro atoms. The minimum absolute atomic E-state index is 0.267. The van der Waals surface area contributed by atoms with Crippen LogP contribution in [0.5, 0.6) is 5.75 Å². The zero-order valence-corrected chi connectivity index (χ0v) is 14.1. The van der Waals surface area contributed by atoms with Gasteiger partial charge in [0, 0.05) is 19.7 Å². The highest BCUT2D eigenvalue weighted by atomic mass is 127. The first-order valence-electron chi connectivity index (χ1n) is 6.09. The first kappa shape index (κ1) is 15.8. The van der Waals surface area contributed by atoms with E-state index in [1.165, 1.54) is 7.11 Å². The molecule has 3 nitrogen and oxygen atoms in total. The maximum Gasteiger partial charge on any atom is 0.184 e. The molecule has 1 atom stereocenters. The molecule has 2 rings (SSSR count). The van der Waals surface area contributed by atoms with E-state index in [-0.39, 0.29) is 5.78 Å². The Labute approximate surface area is 141 Å². The van der Waals surface area contributed by atoms with Crippen molar-refractivity contribution in [3.63, 3.8) is 0 Å². The number of nitriles is 1. The van der Waals surface area contributed by atoms with Crippen LogP contribution < -0.4 is 4.74 Å². The van der Waals surface area contributed by atoms with E-state index >= 15 is 0 Å². The second-order valence-corrected chi connectivity index (χ2v) is 6.01. The molecule has 2 aromatic rings. The molecule has 0 bridgehead atoms. The van der Waals surface area contributed by atoms with Gasteiger partial charge < -0.3 is 4.74 Å². The van der Waals surface area contributed by atoms with E-state index in [0.29, 0.717) is 21.9 Å². The van der Waals surface area contributed by atoms with Crippen molar-refractivity contribution in [2.24, 2.45) is 0 Å². The number of ketones is 1. The predicted molar refractivity (Wildman–Crippen MR) is 89.8 cm³/mol. The van der Waals surface area contributed by atoms with Crippen LogP contribution in [0.4, 0.5) is 0 Å². The summed E-state index contributed by atoms with van der Waals surface area (Å²) in [5.74, 6) is -0.738. The number of Topliss-reactive ketones (excluding diaryl/α,β-unsaturated/α-hetero) is 1. The molecule has 0 N–H and O–H groups in total. The standard InChI is InChI=1S/C16H11ClINO2/c1-21-15-6-5-11(17)8-13(15)14(9-19)16(20)10-3-2-4-12(18)7-10/h2-8,14H,1H3. The van der Waals surface area contributed by atoms with Crippen LogP contribution in [0.1, 0.15) is 21.8 Å². The van der Waals surface area contributed by atoms with Crippen LogP contribution in [-0.4, -0.2) is 12.9 Å². The Kier molecular flexibility index (Phi) is 5.21. The summed E-state index contributed by atoms with van der Waals surface area (Å²) in [7, 11) is 1.50. The van der Waals surface area contributed by atoms with Gasteiger partial charge in [0.05, 0.1) is 13.2 Å². The summed E-state index contributed by atoms with van der Waals surface area (Å²) in [6.45, 7) is 0. The summed E-state index contributed by atoms with van der Waals surface area (Å²) in [6, 6.07) is 14.1. The fourth-order valence-electron chi connectivity index (χ4n) is 2.01. The Hall–Kier alpha value is -1.58. The molecule has 5 heteroatoms. The summed E-state index contributed by atoms with van der Waals surface area (Å²) in [6.07, 6.45) is 0. The Morgan fingerprint density at radius 1 is 1.33 bits per heavy atom. The van der Waals surface area contributed by atoms with Crippen LogP contribution >= 0.6 is 34.2 Å². The van der Waals surface area contributed by atoms with Crippen molar-refractivity contribution in [1.29, 1.82) is 5.26 Å². The van der Waals surface area contributed by atoms with Gasteiger partial charge in [0.2, 0.25) is 0 Å². The van der Waals surface area contributed by atoms with E-state index in [4.69, 9.17) is 16.3 Å². The van der Waals surface area contributed by atoms with Crippen molar-refractivity contribution in [1.82, 2.24) is 0 Å². The third-order valence-corrected chi connectivity index (χ3v) is 3.91. The molecule has 0 aromatic heterocycles. The number of benzene rings is 2. The molecule has 1 unspecified atom stereocenters. The highest BCUT2D eigenvalue weighted by molar-refractivity contribution is 14.1. The molecular weight excluding hydrogens is 401 g/mol. The summed E-state index contributed by atoms with van der Waals surface area (Å²) in [5.41, 5.74) is 0.979. The number of hydrogen-bond donors (Lipinski definition) is 0. The Bertz CT molecular complexity index is 724. The van der Waals surface area contributed by atoms with Crippen LogP contribution in [0.3, 0.4) is 0 Å². The summed E-state index contributed by atoms with van der Waals surface area (Å²) in [5, 5.41) is 9.88. The lowest BCUT2D eigenvalue weighted by molar-refractivity contribution is 0.0977. The summed E-state index contributed by atoms with van der Waals surface area (Å²) in [4.78, 5) is 12.6. The van der Waals surface area contributed by atoms with E-state index in [0.717, 1.165) is 3.57 Å². The van der Waals surface area contributed by atoms with Crippen molar-refractivity contribution in [3.8, 4) is 11.8 Å². The van der Waals surface area contributed by atoms with Gasteiger partial charge in [-0.2, -0.15) is 5.26 Å². The van der Waals surface area contributed by atoms with Crippen LogP contribution in [-0.2, 0) is 0 Å². The van der Waals surface area contributed by atoms with Crippen molar-refractivity contribution in [2.75, 3.05) is 7.11 Å². The van der Waals surface area contributed by atoms with E-state index in [1.54, 1.807) is 36.4 Å². The molecule has 2 aromatic carbocycles. The quantitative estimate of drug-likeness (QED) is 0.552. The van der Waals surface area contributed by atoms with Crippen molar-refractivity contribution in [2.45, 2.75) is 5.92 Å². The first-order chi connectivity index (χ1) is 10.1. The molecule has 0 radical (unpaired) electrons. The number of ether oxygens (including phenoxy) is 1. The average molecular weight is 412 g/mol. The van der Waals surface area contributed by atoms with Gasteiger partial charge in [0.15, 0.2) is 5.78 Å². The van der Waals surface area contributed by atoms with Crippen molar-refractivity contribution in [3.05, 3.63) is 62.2 Å². The molecule has 0 aliphatic rings. The third-order valence-electron chi connectivity index (χ3n) is 3.00. The molecule has 0 saturated carbocycles. The van der Waals surface area contributed by atoms with E-state index < -0.39 is 5.92 Å². The van der Waals surface area contributed by atoms with Crippen LogP contribution in [0, 0.1) is 14.9 Å². The monoisotopic (exact) mass is 411 g/mol. The zero-order chi connectivity index (χ0) is 15.4. The minimum Gasteiger partial charge on any atom is -0.496 e. The van der Waals surface area contributed by atoms with Crippen LogP contribution in [0.15, 0.2) is 42.5 Å². The van der Waals surface area contributed by atoms with E-state index in [2.05, 4.69) is 22.6 Å². The van der Waals surface area contributed by atoms with Crippen molar-refractivity contribution >= 4 is 40.0 Å². The van der Waals surface area contributed by atoms with Gasteiger partial charge in [-0.15, -0.1) is 0 Å².